The van der Waals surface area contributed by atoms with Crippen molar-refractivity contribution < 1.29 is 9.22 Å². The molecule has 0 unspecified atom stereocenters. The summed E-state index contributed by atoms with van der Waals surface area (Å²) in [5, 5.41) is 1.19. The molecule has 19 heavy (non-hydrogen) atoms. The quantitative estimate of drug-likeness (QED) is 0.478. The summed E-state index contributed by atoms with van der Waals surface area (Å²) in [7, 11) is -1.29. The zero-order chi connectivity index (χ0) is 13.5. The van der Waals surface area contributed by atoms with E-state index in [2.05, 4.69) is 24.4 Å². The highest BCUT2D eigenvalue weighted by Crippen LogP contribution is 2.31. The monoisotopic (exact) mass is 271 g/mol. The number of hydrogen-bond donors (Lipinski definition) is 0. The van der Waals surface area contributed by atoms with Crippen molar-refractivity contribution in [1.29, 1.82) is 0 Å². The second kappa shape index (κ2) is 7.12. The lowest BCUT2D eigenvalue weighted by atomic mass is 10.0. The average Bonchev–Trinajstić information content (AvgIpc) is 2.47. The normalized spacial score (nSPS) is 15.8. The van der Waals surface area contributed by atoms with Gasteiger partial charge >= 0.3 is 15.0 Å². The molecule has 0 saturated heterocycles. The Balaban J connectivity index is 2.17. The smallest absolute Gasteiger partial charge is 0.325 e. The van der Waals surface area contributed by atoms with Crippen molar-refractivity contribution >= 4 is 20.2 Å². The summed E-state index contributed by atoms with van der Waals surface area (Å²) in [6.45, 7) is 3.42. The van der Waals surface area contributed by atoms with E-state index in [9.17, 15) is 4.79 Å². The van der Waals surface area contributed by atoms with Crippen molar-refractivity contribution in [3.63, 3.8) is 0 Å². The minimum Gasteiger partial charge on any atom is -0.509 e. The second-order valence-electron chi connectivity index (χ2n) is 4.83. The van der Waals surface area contributed by atoms with Gasteiger partial charge in [0.25, 0.3) is 0 Å². The van der Waals surface area contributed by atoms with E-state index in [-0.39, 0.29) is 5.97 Å². The van der Waals surface area contributed by atoms with Crippen LogP contribution < -0.4 is 5.19 Å². The maximum atomic E-state index is 11.7. The van der Waals surface area contributed by atoms with E-state index in [0.29, 0.717) is 5.54 Å². The fourth-order valence-electron chi connectivity index (χ4n) is 2.57. The van der Waals surface area contributed by atoms with Gasteiger partial charge < -0.3 is 4.43 Å². The Morgan fingerprint density at radius 2 is 1.95 bits per heavy atom. The van der Waals surface area contributed by atoms with Gasteiger partial charge in [-0.25, -0.2) is 4.79 Å². The topological polar surface area (TPSA) is 26.3 Å². The molecule has 0 N–H and O–H groups in total. The predicted octanol–water partition coefficient (Wildman–Crippen LogP) is 3.10. The Morgan fingerprint density at radius 1 is 1.26 bits per heavy atom. The van der Waals surface area contributed by atoms with E-state index in [1.165, 1.54) is 43.4 Å². The summed E-state index contributed by atoms with van der Waals surface area (Å²) in [4.78, 5) is 11.7. The summed E-state index contributed by atoms with van der Waals surface area (Å²) >= 11 is 0. The highest BCUT2D eigenvalue weighted by Gasteiger charge is 2.31. The molecule has 1 fully saturated rings. The van der Waals surface area contributed by atoms with E-state index in [1.807, 2.05) is 18.2 Å². The minimum absolute atomic E-state index is 0.307. The van der Waals surface area contributed by atoms with Crippen molar-refractivity contribution in [2.24, 2.45) is 0 Å². The van der Waals surface area contributed by atoms with Crippen LogP contribution in [0.15, 0.2) is 48.7 Å². The summed E-state index contributed by atoms with van der Waals surface area (Å²) in [5.74, 6) is -0.307. The van der Waals surface area contributed by atoms with Gasteiger partial charge in [-0.15, -0.1) is 5.73 Å². The van der Waals surface area contributed by atoms with Crippen LogP contribution in [0.25, 0.3) is 0 Å². The molecule has 1 radical (unpaired) electrons. The lowest BCUT2D eigenvalue weighted by molar-refractivity contribution is -0.129. The molecule has 1 saturated carbocycles. The van der Waals surface area contributed by atoms with Crippen LogP contribution in [0, 0.1) is 0 Å². The average molecular weight is 271 g/mol. The van der Waals surface area contributed by atoms with Crippen molar-refractivity contribution in [3.8, 4) is 0 Å². The van der Waals surface area contributed by atoms with Crippen molar-refractivity contribution in [3.05, 3.63) is 48.7 Å². The van der Waals surface area contributed by atoms with Crippen LogP contribution in [0.5, 0.6) is 0 Å². The van der Waals surface area contributed by atoms with E-state index in [1.54, 1.807) is 0 Å². The van der Waals surface area contributed by atoms with Crippen LogP contribution in [0.4, 0.5) is 0 Å². The number of benzene rings is 1. The van der Waals surface area contributed by atoms with E-state index in [4.69, 9.17) is 4.43 Å². The zero-order valence-electron chi connectivity index (χ0n) is 11.1. The summed E-state index contributed by atoms with van der Waals surface area (Å²) in [6, 6.07) is 10.2. The maximum Gasteiger partial charge on any atom is 0.325 e. The second-order valence-corrected chi connectivity index (χ2v) is 7.16. The maximum absolute atomic E-state index is 11.7. The Bertz CT molecular complexity index is 457. The Kier molecular flexibility index (Phi) is 5.19. The molecular weight excluding hydrogens is 252 g/mol. The number of rotatable bonds is 4. The van der Waals surface area contributed by atoms with Crippen LogP contribution >= 0.6 is 0 Å². The van der Waals surface area contributed by atoms with Crippen molar-refractivity contribution in [1.82, 2.24) is 0 Å². The van der Waals surface area contributed by atoms with Gasteiger partial charge in [-0.2, -0.15) is 0 Å². The first-order valence-electron chi connectivity index (χ1n) is 6.81. The summed E-state index contributed by atoms with van der Waals surface area (Å²) < 4.78 is 5.72. The predicted molar refractivity (Wildman–Crippen MR) is 78.5 cm³/mol. The van der Waals surface area contributed by atoms with Crippen LogP contribution in [-0.4, -0.2) is 15.0 Å². The Morgan fingerprint density at radius 3 is 2.58 bits per heavy atom. The molecule has 0 amide bonds. The Hall–Kier alpha value is -1.57. The van der Waals surface area contributed by atoms with E-state index < -0.39 is 9.04 Å². The molecular formula is C16H19O2Si. The molecule has 0 bridgehead atoms. The number of carbonyl (C=O) groups is 1. The van der Waals surface area contributed by atoms with E-state index >= 15 is 0 Å². The van der Waals surface area contributed by atoms with Gasteiger partial charge in [0.05, 0.1) is 6.08 Å². The van der Waals surface area contributed by atoms with Gasteiger partial charge in [0.15, 0.2) is 0 Å². The van der Waals surface area contributed by atoms with Crippen LogP contribution in [0.2, 0.25) is 5.54 Å². The largest absolute Gasteiger partial charge is 0.509 e. The molecule has 3 heteroatoms. The van der Waals surface area contributed by atoms with Crippen LogP contribution in [0.1, 0.15) is 32.1 Å². The molecule has 0 aliphatic heterocycles. The molecule has 2 rings (SSSR count). The minimum atomic E-state index is -1.29. The molecule has 1 aliphatic rings. The van der Waals surface area contributed by atoms with Gasteiger partial charge in [0, 0.05) is 0 Å². The van der Waals surface area contributed by atoms with Crippen molar-refractivity contribution in [2.75, 3.05) is 0 Å². The van der Waals surface area contributed by atoms with Crippen LogP contribution in [-0.2, 0) is 9.22 Å². The fraction of sp³-hybridized carbons (Fsp3) is 0.375. The van der Waals surface area contributed by atoms with Gasteiger partial charge in [0.2, 0.25) is 0 Å². The Labute approximate surface area is 116 Å². The standard InChI is InChI=1S/C16H19O2Si/c1-2-9-16(17)18-19(14-10-5-3-6-11-14)15-12-7-4-8-13-15/h3,5-6,9-11,15H,1,4,7-8,12-13H2. The lowest BCUT2D eigenvalue weighted by Gasteiger charge is -2.27. The highest BCUT2D eigenvalue weighted by atomic mass is 28.3. The fourth-order valence-corrected chi connectivity index (χ4v) is 5.05. The summed E-state index contributed by atoms with van der Waals surface area (Å²) in [6.07, 6.45) is 7.45. The third-order valence-electron chi connectivity index (χ3n) is 3.46. The molecule has 1 aromatic carbocycles. The first-order chi connectivity index (χ1) is 9.31. The van der Waals surface area contributed by atoms with Crippen molar-refractivity contribution in [2.45, 2.75) is 37.6 Å². The van der Waals surface area contributed by atoms with Gasteiger partial charge in [0.1, 0.15) is 0 Å². The third kappa shape index (κ3) is 3.95. The molecule has 1 aromatic rings. The first kappa shape index (κ1) is 13.8. The van der Waals surface area contributed by atoms with E-state index in [0.717, 1.165) is 0 Å². The molecule has 99 valence electrons. The number of carbonyl (C=O) groups excluding carboxylic acids is 1. The molecule has 0 aromatic heterocycles. The van der Waals surface area contributed by atoms with Gasteiger partial charge in [-0.1, -0.05) is 56.2 Å². The van der Waals surface area contributed by atoms with Gasteiger partial charge in [-0.05, 0) is 23.6 Å². The third-order valence-corrected chi connectivity index (χ3v) is 6.11. The lowest BCUT2D eigenvalue weighted by Crippen LogP contribution is -2.40. The molecule has 0 spiro atoms. The summed E-state index contributed by atoms with van der Waals surface area (Å²) in [5.41, 5.74) is 3.02. The zero-order valence-corrected chi connectivity index (χ0v) is 12.1. The number of hydrogen-bond acceptors (Lipinski definition) is 2. The molecule has 0 heterocycles. The van der Waals surface area contributed by atoms with Crippen LogP contribution in [0.3, 0.4) is 0 Å². The van der Waals surface area contributed by atoms with Gasteiger partial charge in [-0.3, -0.25) is 0 Å². The SMILES string of the molecule is C=C=CC(=O)O[Si](c1ccccc1)C1CCCCC1. The molecule has 0 atom stereocenters. The molecule has 1 aliphatic carbocycles. The first-order valence-corrected chi connectivity index (χ1v) is 8.29. The highest BCUT2D eigenvalue weighted by molar-refractivity contribution is 6.70. The molecule has 2 nitrogen and oxygen atoms in total.